The SMILES string of the molecule is CC(C)(C)OC(=O)N[C@H](CNc1cccc2c(C(=O)O)cccc12)CSC(c1ccccc1)(c1ccccc1)c1ccccc1. The van der Waals surface area contributed by atoms with Crippen LogP contribution in [0.1, 0.15) is 47.8 Å². The fourth-order valence-corrected chi connectivity index (χ4v) is 7.06. The predicted molar refractivity (Wildman–Crippen MR) is 184 cm³/mol. The number of hydrogen-bond donors (Lipinski definition) is 3. The van der Waals surface area contributed by atoms with Gasteiger partial charge in [0.2, 0.25) is 0 Å². The van der Waals surface area contributed by atoms with Gasteiger partial charge in [0.15, 0.2) is 0 Å². The van der Waals surface area contributed by atoms with Gasteiger partial charge in [-0.25, -0.2) is 9.59 Å². The van der Waals surface area contributed by atoms with Crippen molar-refractivity contribution in [2.24, 2.45) is 0 Å². The van der Waals surface area contributed by atoms with E-state index in [0.717, 1.165) is 27.8 Å². The Labute approximate surface area is 268 Å². The van der Waals surface area contributed by atoms with Gasteiger partial charge in [-0.2, -0.15) is 0 Å². The molecule has 45 heavy (non-hydrogen) atoms. The van der Waals surface area contributed by atoms with Crippen LogP contribution in [0.25, 0.3) is 10.8 Å². The van der Waals surface area contributed by atoms with Crippen LogP contribution in [0.3, 0.4) is 0 Å². The number of aromatic carboxylic acids is 1. The third kappa shape index (κ3) is 7.49. The van der Waals surface area contributed by atoms with Gasteiger partial charge in [-0.1, -0.05) is 115 Å². The Morgan fingerprint density at radius 1 is 0.711 bits per heavy atom. The molecular formula is C38H38N2O4S. The number of carbonyl (C=O) groups excluding carboxylic acids is 1. The van der Waals surface area contributed by atoms with E-state index in [-0.39, 0.29) is 11.6 Å². The standard InChI is InChI=1S/C38H38N2O4S/c1-37(2,3)44-36(43)40-30(25-39-34-24-14-21-31-32(34)22-13-23-33(31)35(41)42)26-45-38(27-15-7-4-8-16-27,28-17-9-5-10-18-28)29-19-11-6-12-20-29/h4-24,30,39H,25-26H2,1-3H3,(H,40,43)(H,41,42)/t30-/m1/s1. The molecule has 1 atom stereocenters. The van der Waals surface area contributed by atoms with Gasteiger partial charge in [0.25, 0.3) is 0 Å². The third-order valence-electron chi connectivity index (χ3n) is 7.45. The minimum atomic E-state index is -0.974. The number of nitrogens with one attached hydrogen (secondary N) is 2. The predicted octanol–water partition coefficient (Wildman–Crippen LogP) is 8.57. The highest BCUT2D eigenvalue weighted by Crippen LogP contribution is 2.48. The zero-order chi connectivity index (χ0) is 31.9. The molecule has 5 aromatic carbocycles. The van der Waals surface area contributed by atoms with Crippen LogP contribution in [0.4, 0.5) is 10.5 Å². The number of fused-ring (bicyclic) bond motifs is 1. The molecule has 0 bridgehead atoms. The van der Waals surface area contributed by atoms with E-state index >= 15 is 0 Å². The summed E-state index contributed by atoms with van der Waals surface area (Å²) in [6.07, 6.45) is -0.495. The van der Waals surface area contributed by atoms with Crippen molar-refractivity contribution in [1.82, 2.24) is 5.32 Å². The molecule has 0 radical (unpaired) electrons. The highest BCUT2D eigenvalue weighted by molar-refractivity contribution is 8.00. The molecule has 0 saturated carbocycles. The van der Waals surface area contributed by atoms with Crippen LogP contribution in [0, 0.1) is 0 Å². The molecule has 6 nitrogen and oxygen atoms in total. The summed E-state index contributed by atoms with van der Waals surface area (Å²) in [5.74, 6) is -0.437. The maximum Gasteiger partial charge on any atom is 0.407 e. The second kappa shape index (κ2) is 13.9. The number of amides is 1. The van der Waals surface area contributed by atoms with Crippen LogP contribution in [-0.4, -0.2) is 41.1 Å². The topological polar surface area (TPSA) is 87.7 Å². The molecular weight excluding hydrogens is 580 g/mol. The largest absolute Gasteiger partial charge is 0.478 e. The van der Waals surface area contributed by atoms with Gasteiger partial charge in [0.05, 0.1) is 16.4 Å². The minimum Gasteiger partial charge on any atom is -0.478 e. The lowest BCUT2D eigenvalue weighted by molar-refractivity contribution is 0.0511. The van der Waals surface area contributed by atoms with Gasteiger partial charge in [-0.15, -0.1) is 11.8 Å². The maximum absolute atomic E-state index is 13.1. The zero-order valence-corrected chi connectivity index (χ0v) is 26.5. The van der Waals surface area contributed by atoms with Crippen molar-refractivity contribution in [1.29, 1.82) is 0 Å². The molecule has 0 fully saturated rings. The molecule has 0 aliphatic rings. The number of alkyl carbamates (subject to hydrolysis) is 1. The van der Waals surface area contributed by atoms with E-state index in [1.54, 1.807) is 23.9 Å². The Bertz CT molecular complexity index is 1640. The van der Waals surface area contributed by atoms with Crippen LogP contribution in [0.5, 0.6) is 0 Å². The van der Waals surface area contributed by atoms with E-state index in [4.69, 9.17) is 4.74 Å². The monoisotopic (exact) mass is 618 g/mol. The summed E-state index contributed by atoms with van der Waals surface area (Å²) in [5, 5.41) is 17.8. The second-order valence-electron chi connectivity index (χ2n) is 11.8. The number of anilines is 1. The van der Waals surface area contributed by atoms with Crippen molar-refractivity contribution in [3.05, 3.63) is 150 Å². The molecule has 5 aromatic rings. The van der Waals surface area contributed by atoms with Crippen molar-refractivity contribution in [2.45, 2.75) is 37.2 Å². The van der Waals surface area contributed by atoms with Gasteiger partial charge in [0, 0.05) is 23.4 Å². The summed E-state index contributed by atoms with van der Waals surface area (Å²) in [5.41, 5.74) is 3.77. The first-order chi connectivity index (χ1) is 21.7. The number of carboxylic acids is 1. The maximum atomic E-state index is 13.1. The van der Waals surface area contributed by atoms with E-state index in [9.17, 15) is 14.7 Å². The fourth-order valence-electron chi connectivity index (χ4n) is 5.50. The summed E-state index contributed by atoms with van der Waals surface area (Å²) < 4.78 is 5.10. The Hall–Kier alpha value is -4.75. The molecule has 0 saturated heterocycles. The van der Waals surface area contributed by atoms with Gasteiger partial charge in [-0.3, -0.25) is 0 Å². The average molecular weight is 619 g/mol. The first-order valence-electron chi connectivity index (χ1n) is 15.0. The van der Waals surface area contributed by atoms with Crippen molar-refractivity contribution in [3.63, 3.8) is 0 Å². The molecule has 230 valence electrons. The lowest BCUT2D eigenvalue weighted by Gasteiger charge is -2.37. The Balaban J connectivity index is 1.51. The number of ether oxygens (including phenoxy) is 1. The molecule has 0 aliphatic carbocycles. The highest BCUT2D eigenvalue weighted by Gasteiger charge is 2.38. The molecule has 0 unspecified atom stereocenters. The van der Waals surface area contributed by atoms with Crippen LogP contribution >= 0.6 is 11.8 Å². The van der Waals surface area contributed by atoms with Crippen LogP contribution < -0.4 is 10.6 Å². The summed E-state index contributed by atoms with van der Waals surface area (Å²) in [4.78, 5) is 25.0. The third-order valence-corrected chi connectivity index (χ3v) is 9.16. The average Bonchev–Trinajstić information content (AvgIpc) is 3.04. The number of benzene rings is 5. The smallest absolute Gasteiger partial charge is 0.407 e. The first-order valence-corrected chi connectivity index (χ1v) is 15.9. The quantitative estimate of drug-likeness (QED) is 0.129. The van der Waals surface area contributed by atoms with Crippen LogP contribution in [0.15, 0.2) is 127 Å². The van der Waals surface area contributed by atoms with Gasteiger partial charge >= 0.3 is 12.1 Å². The van der Waals surface area contributed by atoms with Crippen LogP contribution in [0.2, 0.25) is 0 Å². The van der Waals surface area contributed by atoms with Crippen molar-refractivity contribution >= 4 is 40.3 Å². The van der Waals surface area contributed by atoms with Crippen molar-refractivity contribution in [3.8, 4) is 0 Å². The normalized spacial score (nSPS) is 12.3. The molecule has 5 rings (SSSR count). The molecule has 7 heteroatoms. The van der Waals surface area contributed by atoms with Gasteiger partial charge in [0.1, 0.15) is 5.60 Å². The lowest BCUT2D eigenvalue weighted by atomic mass is 9.84. The molecule has 0 aliphatic heterocycles. The summed E-state index contributed by atoms with van der Waals surface area (Å²) in [7, 11) is 0. The van der Waals surface area contributed by atoms with Gasteiger partial charge < -0.3 is 20.5 Å². The summed E-state index contributed by atoms with van der Waals surface area (Å²) >= 11 is 1.75. The zero-order valence-electron chi connectivity index (χ0n) is 25.7. The highest BCUT2D eigenvalue weighted by atomic mass is 32.2. The van der Waals surface area contributed by atoms with E-state index in [0.29, 0.717) is 17.7 Å². The molecule has 3 N–H and O–H groups in total. The minimum absolute atomic E-state index is 0.244. The van der Waals surface area contributed by atoms with E-state index in [1.807, 2.05) is 63.2 Å². The molecule has 0 aromatic heterocycles. The Kier molecular flexibility index (Phi) is 9.79. The summed E-state index contributed by atoms with van der Waals surface area (Å²) in [6.45, 7) is 5.92. The number of carboxylic acid groups (broad SMARTS) is 1. The lowest BCUT2D eigenvalue weighted by Crippen LogP contribution is -2.45. The first kappa shape index (κ1) is 31.7. The number of rotatable bonds is 11. The number of hydrogen-bond acceptors (Lipinski definition) is 5. The molecule has 0 spiro atoms. The van der Waals surface area contributed by atoms with E-state index in [1.165, 1.54) is 0 Å². The Morgan fingerprint density at radius 2 is 1.22 bits per heavy atom. The van der Waals surface area contributed by atoms with Crippen LogP contribution in [-0.2, 0) is 9.48 Å². The molecule has 1 amide bonds. The van der Waals surface area contributed by atoms with E-state index < -0.39 is 22.4 Å². The van der Waals surface area contributed by atoms with Crippen molar-refractivity contribution in [2.75, 3.05) is 17.6 Å². The number of carbonyl (C=O) groups is 2. The fraction of sp³-hybridized carbons (Fsp3) is 0.211. The number of thioether (sulfide) groups is 1. The van der Waals surface area contributed by atoms with Gasteiger partial charge in [-0.05, 0) is 55.0 Å². The Morgan fingerprint density at radius 3 is 1.73 bits per heavy atom. The van der Waals surface area contributed by atoms with Crippen molar-refractivity contribution < 1.29 is 19.4 Å². The van der Waals surface area contributed by atoms with E-state index in [2.05, 4.69) is 83.4 Å². The summed E-state index contributed by atoms with van der Waals surface area (Å²) in [6, 6.07) is 41.8. The second-order valence-corrected chi connectivity index (χ2v) is 13.1. The molecule has 0 heterocycles.